The molecule has 0 bridgehead atoms. The summed E-state index contributed by atoms with van der Waals surface area (Å²) in [5.41, 5.74) is 12.6. The summed E-state index contributed by atoms with van der Waals surface area (Å²) in [4.78, 5) is 9.83. The first-order valence-corrected chi connectivity index (χ1v) is 8.74. The van der Waals surface area contributed by atoms with E-state index in [9.17, 15) is 0 Å². The Labute approximate surface area is 165 Å². The van der Waals surface area contributed by atoms with Crippen molar-refractivity contribution in [1.29, 1.82) is 0 Å². The zero-order valence-corrected chi connectivity index (χ0v) is 16.2. The summed E-state index contributed by atoms with van der Waals surface area (Å²) in [5.74, 6) is 0. The molecule has 4 rings (SSSR count). The predicted octanol–water partition coefficient (Wildman–Crippen LogP) is 5.58. The number of para-hydroxylation sites is 2. The zero-order valence-electron chi connectivity index (χ0n) is 15.4. The second-order valence-corrected chi connectivity index (χ2v) is 7.07. The van der Waals surface area contributed by atoms with Crippen molar-refractivity contribution in [3.8, 4) is 22.5 Å². The van der Waals surface area contributed by atoms with Gasteiger partial charge in [-0.3, -0.25) is 0 Å². The van der Waals surface area contributed by atoms with Crippen molar-refractivity contribution in [2.45, 2.75) is 19.4 Å². The lowest BCUT2D eigenvalue weighted by molar-refractivity contribution is 0.554. The topological polar surface area (TPSA) is 51.8 Å². The van der Waals surface area contributed by atoms with E-state index < -0.39 is 0 Å². The molecule has 4 aromatic rings. The number of hydrogen-bond acceptors (Lipinski definition) is 3. The first-order valence-electron chi connectivity index (χ1n) is 8.74. The molecule has 0 fully saturated rings. The summed E-state index contributed by atoms with van der Waals surface area (Å²) in [6, 6.07) is 26.5. The van der Waals surface area contributed by atoms with Gasteiger partial charge >= 0.3 is 0 Å². The maximum Gasteiger partial charge on any atom is 0.0973 e. The largest absolute Gasteiger partial charge is 0.322 e. The number of halogens is 1. The van der Waals surface area contributed by atoms with Gasteiger partial charge in [0.05, 0.1) is 22.4 Å². The summed E-state index contributed by atoms with van der Waals surface area (Å²) >= 11 is 0. The van der Waals surface area contributed by atoms with Crippen molar-refractivity contribution in [3.63, 3.8) is 0 Å². The van der Waals surface area contributed by atoms with Gasteiger partial charge in [0, 0.05) is 16.7 Å². The maximum absolute atomic E-state index is 6.21. The summed E-state index contributed by atoms with van der Waals surface area (Å²) in [6.07, 6.45) is 0. The van der Waals surface area contributed by atoms with Gasteiger partial charge in [0.25, 0.3) is 0 Å². The molecule has 0 aliphatic carbocycles. The van der Waals surface area contributed by atoms with Crippen LogP contribution in [0.1, 0.15) is 19.4 Å². The highest BCUT2D eigenvalue weighted by molar-refractivity contribution is 5.86. The molecule has 0 spiro atoms. The van der Waals surface area contributed by atoms with Crippen molar-refractivity contribution >= 4 is 23.4 Å². The molecule has 27 heavy (non-hydrogen) atoms. The highest BCUT2D eigenvalue weighted by Crippen LogP contribution is 2.31. The Hall–Kier alpha value is -2.75. The normalized spacial score (nSPS) is 11.2. The Morgan fingerprint density at radius 3 is 1.56 bits per heavy atom. The number of nitrogens with two attached hydrogens (primary N) is 1. The van der Waals surface area contributed by atoms with E-state index >= 15 is 0 Å². The van der Waals surface area contributed by atoms with Crippen molar-refractivity contribution < 1.29 is 0 Å². The Balaban J connectivity index is 0.00000210. The summed E-state index contributed by atoms with van der Waals surface area (Å²) in [6.45, 7) is 4.01. The van der Waals surface area contributed by atoms with Crippen molar-refractivity contribution in [3.05, 3.63) is 84.4 Å². The van der Waals surface area contributed by atoms with Gasteiger partial charge < -0.3 is 5.73 Å². The lowest BCUT2D eigenvalue weighted by Crippen LogP contribution is -2.28. The first kappa shape index (κ1) is 19.0. The SMILES string of the molecule is CC(C)(N)c1ccc(-c2nc3ccccc3nc2-c2ccccc2)cc1.Cl. The minimum Gasteiger partial charge on any atom is -0.322 e. The molecule has 0 unspecified atom stereocenters. The number of benzene rings is 3. The number of nitrogens with zero attached hydrogens (tertiary/aromatic N) is 2. The summed E-state index contributed by atoms with van der Waals surface area (Å²) in [5, 5.41) is 0. The van der Waals surface area contributed by atoms with Gasteiger partial charge in [0.1, 0.15) is 0 Å². The minimum atomic E-state index is -0.365. The maximum atomic E-state index is 6.21. The standard InChI is InChI=1S/C23H21N3.ClH/c1-23(2,24)18-14-12-17(13-15-18)22-21(16-8-4-3-5-9-16)25-19-10-6-7-11-20(19)26-22;/h3-15H,24H2,1-2H3;1H. The van der Waals surface area contributed by atoms with E-state index in [-0.39, 0.29) is 17.9 Å². The fraction of sp³-hybridized carbons (Fsp3) is 0.130. The molecule has 0 saturated heterocycles. The van der Waals surface area contributed by atoms with Crippen LogP contribution < -0.4 is 5.73 Å². The van der Waals surface area contributed by atoms with Crippen LogP contribution in [0.4, 0.5) is 0 Å². The number of rotatable bonds is 3. The first-order chi connectivity index (χ1) is 12.5. The van der Waals surface area contributed by atoms with Crippen LogP contribution in [0, 0.1) is 0 Å². The predicted molar refractivity (Wildman–Crippen MR) is 115 cm³/mol. The Morgan fingerprint density at radius 1 is 0.630 bits per heavy atom. The van der Waals surface area contributed by atoms with E-state index in [0.29, 0.717) is 0 Å². The summed E-state index contributed by atoms with van der Waals surface area (Å²) < 4.78 is 0. The van der Waals surface area contributed by atoms with Gasteiger partial charge in [0.15, 0.2) is 0 Å². The van der Waals surface area contributed by atoms with Crippen molar-refractivity contribution in [1.82, 2.24) is 9.97 Å². The summed E-state index contributed by atoms with van der Waals surface area (Å²) in [7, 11) is 0. The van der Waals surface area contributed by atoms with Gasteiger partial charge in [-0.2, -0.15) is 0 Å². The smallest absolute Gasteiger partial charge is 0.0973 e. The fourth-order valence-corrected chi connectivity index (χ4v) is 3.06. The Bertz CT molecular complexity index is 1050. The lowest BCUT2D eigenvalue weighted by Gasteiger charge is -2.19. The molecule has 3 aromatic carbocycles. The zero-order chi connectivity index (χ0) is 18.1. The van der Waals surface area contributed by atoms with Crippen molar-refractivity contribution in [2.75, 3.05) is 0 Å². The quantitative estimate of drug-likeness (QED) is 0.508. The van der Waals surface area contributed by atoms with Gasteiger partial charge in [0.2, 0.25) is 0 Å². The van der Waals surface area contributed by atoms with Crippen LogP contribution in [-0.4, -0.2) is 9.97 Å². The molecule has 0 radical (unpaired) electrons. The van der Waals surface area contributed by atoms with E-state index in [4.69, 9.17) is 15.7 Å². The Morgan fingerprint density at radius 2 is 1.07 bits per heavy atom. The molecule has 0 amide bonds. The van der Waals surface area contributed by atoms with Crippen LogP contribution >= 0.6 is 12.4 Å². The van der Waals surface area contributed by atoms with E-state index in [2.05, 4.69) is 36.4 Å². The molecular formula is C23H22ClN3. The molecule has 0 saturated carbocycles. The highest BCUT2D eigenvalue weighted by atomic mass is 35.5. The van der Waals surface area contributed by atoms with E-state index in [0.717, 1.165) is 39.1 Å². The molecule has 0 aliphatic heterocycles. The van der Waals surface area contributed by atoms with Crippen LogP contribution in [0.15, 0.2) is 78.9 Å². The third kappa shape index (κ3) is 3.85. The minimum absolute atomic E-state index is 0. The molecular weight excluding hydrogens is 354 g/mol. The lowest BCUT2D eigenvalue weighted by atomic mass is 9.93. The number of aromatic nitrogens is 2. The number of hydrogen-bond donors (Lipinski definition) is 1. The molecule has 4 heteroatoms. The van der Waals surface area contributed by atoms with Crippen molar-refractivity contribution in [2.24, 2.45) is 5.73 Å². The van der Waals surface area contributed by atoms with Crippen LogP contribution in [0.2, 0.25) is 0 Å². The molecule has 0 atom stereocenters. The molecule has 0 aliphatic rings. The average Bonchev–Trinajstić information content (AvgIpc) is 2.67. The van der Waals surface area contributed by atoms with Gasteiger partial charge in [-0.05, 0) is 31.5 Å². The van der Waals surface area contributed by atoms with Crippen LogP contribution in [0.25, 0.3) is 33.5 Å². The van der Waals surface area contributed by atoms with Gasteiger partial charge in [-0.25, -0.2) is 9.97 Å². The van der Waals surface area contributed by atoms with Crippen LogP contribution in [0.5, 0.6) is 0 Å². The monoisotopic (exact) mass is 375 g/mol. The van der Waals surface area contributed by atoms with Gasteiger partial charge in [-0.15, -0.1) is 12.4 Å². The highest BCUT2D eigenvalue weighted by Gasteiger charge is 2.16. The Kier molecular flexibility index (Phi) is 5.26. The molecule has 1 heterocycles. The van der Waals surface area contributed by atoms with E-state index in [1.165, 1.54) is 0 Å². The third-order valence-corrected chi connectivity index (χ3v) is 4.52. The molecule has 3 nitrogen and oxygen atoms in total. The van der Waals surface area contributed by atoms with E-state index in [1.54, 1.807) is 0 Å². The fourth-order valence-electron chi connectivity index (χ4n) is 3.06. The van der Waals surface area contributed by atoms with Crippen LogP contribution in [-0.2, 0) is 5.54 Å². The van der Waals surface area contributed by atoms with E-state index in [1.807, 2.05) is 56.3 Å². The van der Waals surface area contributed by atoms with Gasteiger partial charge in [-0.1, -0.05) is 66.7 Å². The second-order valence-electron chi connectivity index (χ2n) is 7.07. The second kappa shape index (κ2) is 7.47. The third-order valence-electron chi connectivity index (χ3n) is 4.52. The average molecular weight is 376 g/mol. The molecule has 136 valence electrons. The number of fused-ring (bicyclic) bond motifs is 1. The molecule has 2 N–H and O–H groups in total. The van der Waals surface area contributed by atoms with Crippen LogP contribution in [0.3, 0.4) is 0 Å². The molecule has 1 aromatic heterocycles.